The zero-order chi connectivity index (χ0) is 38.7. The van der Waals surface area contributed by atoms with E-state index in [1.165, 1.54) is 122 Å². The fraction of sp³-hybridized carbons (Fsp3) is 0.851. The highest BCUT2D eigenvalue weighted by molar-refractivity contribution is 5.71. The molecule has 310 valence electrons. The highest BCUT2D eigenvalue weighted by atomic mass is 16.6. The van der Waals surface area contributed by atoms with E-state index in [4.69, 9.17) is 14.2 Å². The third-order valence-electron chi connectivity index (χ3n) is 9.93. The Morgan fingerprint density at radius 1 is 0.358 bits per heavy atom. The van der Waals surface area contributed by atoms with Crippen molar-refractivity contribution >= 4 is 17.9 Å². The van der Waals surface area contributed by atoms with Crippen LogP contribution >= 0.6 is 0 Å². The van der Waals surface area contributed by atoms with Gasteiger partial charge in [0.1, 0.15) is 13.2 Å². The maximum atomic E-state index is 12.7. The van der Waals surface area contributed by atoms with Crippen molar-refractivity contribution in [3.8, 4) is 0 Å². The summed E-state index contributed by atoms with van der Waals surface area (Å²) >= 11 is 0. The molecule has 0 bridgehead atoms. The van der Waals surface area contributed by atoms with Gasteiger partial charge in [0.2, 0.25) is 0 Å². The Hall–Kier alpha value is -2.11. The average Bonchev–Trinajstić information content (AvgIpc) is 3.15. The lowest BCUT2D eigenvalue weighted by Crippen LogP contribution is -2.30. The van der Waals surface area contributed by atoms with Crippen molar-refractivity contribution in [3.63, 3.8) is 0 Å². The van der Waals surface area contributed by atoms with Crippen molar-refractivity contribution in [1.82, 2.24) is 0 Å². The molecule has 6 heteroatoms. The first kappa shape index (κ1) is 50.9. The SMILES string of the molecule is CCCC/C=C\CCCCCCCC(=O)O[C@@H](COC(=O)CCCCCCC/C=C\CCCCCC)COC(=O)CCCCCCCCCCCCC. The molecule has 0 rings (SSSR count). The van der Waals surface area contributed by atoms with Gasteiger partial charge in [0.05, 0.1) is 0 Å². The van der Waals surface area contributed by atoms with E-state index in [1.807, 2.05) is 0 Å². The molecule has 0 aliphatic carbocycles. The molecule has 0 aliphatic rings. The lowest BCUT2D eigenvalue weighted by atomic mass is 10.1. The fourth-order valence-electron chi connectivity index (χ4n) is 6.42. The third-order valence-corrected chi connectivity index (χ3v) is 9.93. The Morgan fingerprint density at radius 3 is 1.02 bits per heavy atom. The number of esters is 3. The Morgan fingerprint density at radius 2 is 0.642 bits per heavy atom. The standard InChI is InChI=1S/C47H86O6/c1-4-7-10-13-16-19-22-23-26-28-31-34-37-40-46(49)52-43-44(53-47(50)41-38-35-32-29-25-21-18-15-12-9-6-3)42-51-45(48)39-36-33-30-27-24-20-17-14-11-8-5-2/h15,18-19,22,44H,4-14,16-17,20-21,23-43H2,1-3H3/b18-15-,22-19-/t44-/m1/s1. The van der Waals surface area contributed by atoms with E-state index >= 15 is 0 Å². The van der Waals surface area contributed by atoms with Gasteiger partial charge < -0.3 is 14.2 Å². The first-order valence-electron chi connectivity index (χ1n) is 22.8. The van der Waals surface area contributed by atoms with E-state index in [0.29, 0.717) is 19.3 Å². The summed E-state index contributed by atoms with van der Waals surface area (Å²) in [6.07, 6.45) is 45.8. The van der Waals surface area contributed by atoms with Gasteiger partial charge in [-0.3, -0.25) is 14.4 Å². The number of hydrogen-bond donors (Lipinski definition) is 0. The van der Waals surface area contributed by atoms with Crippen molar-refractivity contribution in [3.05, 3.63) is 24.3 Å². The Kier molecular flexibility index (Phi) is 40.9. The zero-order valence-corrected chi connectivity index (χ0v) is 35.3. The monoisotopic (exact) mass is 747 g/mol. The van der Waals surface area contributed by atoms with Crippen LogP contribution in [0, 0.1) is 0 Å². The van der Waals surface area contributed by atoms with Crippen LogP contribution in [0.15, 0.2) is 24.3 Å². The molecule has 6 nitrogen and oxygen atoms in total. The highest BCUT2D eigenvalue weighted by Gasteiger charge is 2.19. The van der Waals surface area contributed by atoms with Crippen LogP contribution in [-0.2, 0) is 28.6 Å². The van der Waals surface area contributed by atoms with Gasteiger partial charge in [-0.2, -0.15) is 0 Å². The van der Waals surface area contributed by atoms with Gasteiger partial charge in [-0.1, -0.05) is 180 Å². The number of carbonyl (C=O) groups is 3. The molecule has 1 atom stereocenters. The number of carbonyl (C=O) groups excluding carboxylic acids is 3. The Labute approximate surface area is 328 Å². The fourth-order valence-corrected chi connectivity index (χ4v) is 6.42. The van der Waals surface area contributed by atoms with Gasteiger partial charge in [-0.25, -0.2) is 0 Å². The van der Waals surface area contributed by atoms with Gasteiger partial charge in [0.15, 0.2) is 6.10 Å². The van der Waals surface area contributed by atoms with Gasteiger partial charge in [0, 0.05) is 19.3 Å². The summed E-state index contributed by atoms with van der Waals surface area (Å²) in [5.41, 5.74) is 0. The number of hydrogen-bond acceptors (Lipinski definition) is 6. The number of ether oxygens (including phenoxy) is 3. The molecule has 0 saturated heterocycles. The summed E-state index contributed by atoms with van der Waals surface area (Å²) in [7, 11) is 0. The molecule has 0 aromatic carbocycles. The molecule has 0 spiro atoms. The number of allylic oxidation sites excluding steroid dienone is 4. The van der Waals surface area contributed by atoms with Crippen LogP contribution in [0.1, 0.15) is 239 Å². The minimum atomic E-state index is -0.771. The molecule has 0 saturated carbocycles. The molecule has 0 amide bonds. The molecular weight excluding hydrogens is 661 g/mol. The van der Waals surface area contributed by atoms with Crippen LogP contribution in [0.2, 0.25) is 0 Å². The first-order chi connectivity index (χ1) is 26.0. The number of unbranched alkanes of at least 4 members (excludes halogenated alkanes) is 26. The second kappa shape index (κ2) is 42.6. The summed E-state index contributed by atoms with van der Waals surface area (Å²) < 4.78 is 16.7. The van der Waals surface area contributed by atoms with Crippen molar-refractivity contribution in [2.45, 2.75) is 245 Å². The quantitative estimate of drug-likeness (QED) is 0.0268. The first-order valence-corrected chi connectivity index (χ1v) is 22.8. The van der Waals surface area contributed by atoms with E-state index in [1.54, 1.807) is 0 Å². The predicted octanol–water partition coefficient (Wildman–Crippen LogP) is 14.4. The normalized spacial score (nSPS) is 12.1. The Balaban J connectivity index is 4.37. The van der Waals surface area contributed by atoms with Gasteiger partial charge in [0.25, 0.3) is 0 Å². The van der Waals surface area contributed by atoms with Crippen molar-refractivity contribution in [1.29, 1.82) is 0 Å². The molecule has 0 aromatic rings. The number of rotatable bonds is 41. The Bertz CT molecular complexity index is 865. The zero-order valence-electron chi connectivity index (χ0n) is 35.3. The molecule has 0 aromatic heterocycles. The van der Waals surface area contributed by atoms with Crippen molar-refractivity contribution < 1.29 is 28.6 Å². The molecule has 0 radical (unpaired) electrons. The predicted molar refractivity (Wildman–Crippen MR) is 224 cm³/mol. The lowest BCUT2D eigenvalue weighted by molar-refractivity contribution is -0.167. The summed E-state index contributed by atoms with van der Waals surface area (Å²) in [5.74, 6) is -0.891. The highest BCUT2D eigenvalue weighted by Crippen LogP contribution is 2.14. The molecule has 0 N–H and O–H groups in total. The van der Waals surface area contributed by atoms with Crippen LogP contribution in [0.5, 0.6) is 0 Å². The van der Waals surface area contributed by atoms with E-state index in [-0.39, 0.29) is 31.1 Å². The summed E-state index contributed by atoms with van der Waals surface area (Å²) in [6.45, 7) is 6.56. The van der Waals surface area contributed by atoms with Crippen molar-refractivity contribution in [2.75, 3.05) is 13.2 Å². The van der Waals surface area contributed by atoms with Crippen LogP contribution in [0.25, 0.3) is 0 Å². The minimum Gasteiger partial charge on any atom is -0.462 e. The van der Waals surface area contributed by atoms with E-state index in [2.05, 4.69) is 45.1 Å². The largest absolute Gasteiger partial charge is 0.462 e. The van der Waals surface area contributed by atoms with Crippen LogP contribution in [0.3, 0.4) is 0 Å². The van der Waals surface area contributed by atoms with Gasteiger partial charge >= 0.3 is 17.9 Å². The molecule has 0 unspecified atom stereocenters. The lowest BCUT2D eigenvalue weighted by Gasteiger charge is -2.18. The summed E-state index contributed by atoms with van der Waals surface area (Å²) in [5, 5.41) is 0. The molecule has 0 fully saturated rings. The van der Waals surface area contributed by atoms with Gasteiger partial charge in [-0.15, -0.1) is 0 Å². The second-order valence-corrected chi connectivity index (χ2v) is 15.3. The van der Waals surface area contributed by atoms with Crippen molar-refractivity contribution in [2.24, 2.45) is 0 Å². The average molecular weight is 747 g/mol. The van der Waals surface area contributed by atoms with Crippen LogP contribution in [-0.4, -0.2) is 37.2 Å². The second-order valence-electron chi connectivity index (χ2n) is 15.3. The smallest absolute Gasteiger partial charge is 0.306 e. The summed E-state index contributed by atoms with van der Waals surface area (Å²) in [4.78, 5) is 37.7. The van der Waals surface area contributed by atoms with E-state index < -0.39 is 6.10 Å². The van der Waals surface area contributed by atoms with E-state index in [0.717, 1.165) is 77.0 Å². The topological polar surface area (TPSA) is 78.9 Å². The molecular formula is C47H86O6. The maximum Gasteiger partial charge on any atom is 0.306 e. The minimum absolute atomic E-state index is 0.0746. The maximum absolute atomic E-state index is 12.7. The molecule has 0 aliphatic heterocycles. The molecule has 53 heavy (non-hydrogen) atoms. The molecule has 0 heterocycles. The summed E-state index contributed by atoms with van der Waals surface area (Å²) in [6, 6.07) is 0. The van der Waals surface area contributed by atoms with Gasteiger partial charge in [-0.05, 0) is 64.2 Å². The van der Waals surface area contributed by atoms with Crippen LogP contribution in [0.4, 0.5) is 0 Å². The van der Waals surface area contributed by atoms with E-state index in [9.17, 15) is 14.4 Å². The van der Waals surface area contributed by atoms with Crippen LogP contribution < -0.4 is 0 Å². The third kappa shape index (κ3) is 40.9.